The van der Waals surface area contributed by atoms with Gasteiger partial charge in [0, 0.05) is 12.8 Å². The Bertz CT molecular complexity index is 1430. The fourth-order valence-corrected chi connectivity index (χ4v) is 10.3. The second-order valence-electron chi connectivity index (χ2n) is 23.2. The van der Waals surface area contributed by atoms with Crippen molar-refractivity contribution in [2.45, 2.75) is 360 Å². The molecule has 0 fully saturated rings. The number of unbranched alkanes of at least 4 members (excludes halogenated alkanes) is 42. The van der Waals surface area contributed by atoms with Crippen LogP contribution in [0, 0.1) is 0 Å². The monoisotopic (exact) mass is 1100 g/mol. The summed E-state index contributed by atoms with van der Waals surface area (Å²) in [6.45, 7) is 4.05. The van der Waals surface area contributed by atoms with Crippen molar-refractivity contribution in [3.8, 4) is 0 Å². The Labute approximate surface area is 492 Å². The van der Waals surface area contributed by atoms with Crippen molar-refractivity contribution in [1.29, 1.82) is 0 Å². The van der Waals surface area contributed by atoms with Crippen molar-refractivity contribution < 1.29 is 24.2 Å². The number of rotatable bonds is 64. The lowest BCUT2D eigenvalue weighted by Crippen LogP contribution is -2.28. The summed E-state index contributed by atoms with van der Waals surface area (Å²) in [6.07, 6.45) is 97.7. The Balaban J connectivity index is 3.44. The lowest BCUT2D eigenvalue weighted by molar-refractivity contribution is -0.161. The van der Waals surface area contributed by atoms with Gasteiger partial charge in [0.05, 0.1) is 6.61 Å². The molecule has 5 heteroatoms. The average Bonchev–Trinajstić information content (AvgIpc) is 3.45. The van der Waals surface area contributed by atoms with Gasteiger partial charge in [-0.3, -0.25) is 9.59 Å². The first-order chi connectivity index (χ1) is 39.1. The molecule has 1 atom stereocenters. The summed E-state index contributed by atoms with van der Waals surface area (Å²) in [6, 6.07) is 0. The summed E-state index contributed by atoms with van der Waals surface area (Å²) in [5.74, 6) is -0.603. The van der Waals surface area contributed by atoms with E-state index in [9.17, 15) is 14.7 Å². The van der Waals surface area contributed by atoms with Crippen LogP contribution >= 0.6 is 0 Å². The molecule has 0 bridgehead atoms. The molecule has 0 saturated carbocycles. The second-order valence-corrected chi connectivity index (χ2v) is 23.2. The van der Waals surface area contributed by atoms with Gasteiger partial charge < -0.3 is 14.6 Å². The molecule has 0 aromatic carbocycles. The van der Waals surface area contributed by atoms with E-state index in [0.717, 1.165) is 103 Å². The van der Waals surface area contributed by atoms with Gasteiger partial charge in [-0.15, -0.1) is 0 Å². The number of aliphatic hydroxyl groups is 1. The van der Waals surface area contributed by atoms with Crippen molar-refractivity contribution in [1.82, 2.24) is 0 Å². The van der Waals surface area contributed by atoms with Crippen molar-refractivity contribution >= 4 is 11.9 Å². The Hall–Kier alpha value is -2.92. The highest BCUT2D eigenvalue weighted by Crippen LogP contribution is 2.19. The minimum atomic E-state index is -0.788. The van der Waals surface area contributed by atoms with Gasteiger partial charge in [0.25, 0.3) is 0 Å². The molecule has 79 heavy (non-hydrogen) atoms. The molecular formula is C74H132O5. The lowest BCUT2D eigenvalue weighted by atomic mass is 10.0. The van der Waals surface area contributed by atoms with Gasteiger partial charge in [0.15, 0.2) is 6.10 Å². The Morgan fingerprint density at radius 3 is 0.823 bits per heavy atom. The Morgan fingerprint density at radius 2 is 0.544 bits per heavy atom. The third-order valence-corrected chi connectivity index (χ3v) is 15.5. The summed E-state index contributed by atoms with van der Waals surface area (Å²) in [4.78, 5) is 24.6. The topological polar surface area (TPSA) is 72.8 Å². The summed E-state index contributed by atoms with van der Waals surface area (Å²) in [5, 5.41) is 9.69. The smallest absolute Gasteiger partial charge is 0.306 e. The van der Waals surface area contributed by atoms with E-state index >= 15 is 0 Å². The third kappa shape index (κ3) is 67.5. The SMILES string of the molecule is CC/C=C\C/C=C\C/C=C\C/C=C\C/C=C\C/C=C\C/C=C\CCCCCCCC(=O)OC(CO)COC(=O)CCCCCCCCCCCCCCCCCCCCCCCCCCCCCCCCCCCCCCCC. The molecule has 0 aliphatic heterocycles. The quantitative estimate of drug-likeness (QED) is 0.0373. The fraction of sp³-hybridized carbons (Fsp3) is 0.784. The van der Waals surface area contributed by atoms with E-state index in [1.807, 2.05) is 0 Å². The molecule has 0 rings (SSSR count). The van der Waals surface area contributed by atoms with Gasteiger partial charge in [-0.05, 0) is 70.6 Å². The molecule has 1 unspecified atom stereocenters. The highest BCUT2D eigenvalue weighted by Gasteiger charge is 2.16. The van der Waals surface area contributed by atoms with E-state index in [1.54, 1.807) is 0 Å². The van der Waals surface area contributed by atoms with Crippen LogP contribution in [0.15, 0.2) is 85.1 Å². The number of hydrogen-bond donors (Lipinski definition) is 1. The average molecular weight is 1100 g/mol. The molecule has 0 heterocycles. The predicted molar refractivity (Wildman–Crippen MR) is 348 cm³/mol. The van der Waals surface area contributed by atoms with Gasteiger partial charge in [-0.1, -0.05) is 356 Å². The summed E-state index contributed by atoms with van der Waals surface area (Å²) in [7, 11) is 0. The van der Waals surface area contributed by atoms with Crippen LogP contribution in [0.4, 0.5) is 0 Å². The zero-order chi connectivity index (χ0) is 56.9. The minimum Gasteiger partial charge on any atom is -0.462 e. The van der Waals surface area contributed by atoms with Gasteiger partial charge in [0.1, 0.15) is 6.61 Å². The van der Waals surface area contributed by atoms with Crippen LogP contribution in [0.25, 0.3) is 0 Å². The van der Waals surface area contributed by atoms with Crippen LogP contribution in [0.2, 0.25) is 0 Å². The Morgan fingerprint density at radius 1 is 0.304 bits per heavy atom. The summed E-state index contributed by atoms with van der Waals surface area (Å²) >= 11 is 0. The lowest BCUT2D eigenvalue weighted by Gasteiger charge is -2.15. The molecule has 0 aliphatic carbocycles. The van der Waals surface area contributed by atoms with Crippen molar-refractivity contribution in [2.24, 2.45) is 0 Å². The Kier molecular flexibility index (Phi) is 66.8. The van der Waals surface area contributed by atoms with Gasteiger partial charge in [-0.2, -0.15) is 0 Å². The maximum absolute atomic E-state index is 12.3. The summed E-state index contributed by atoms with van der Waals surface area (Å²) in [5.41, 5.74) is 0. The maximum Gasteiger partial charge on any atom is 0.306 e. The van der Waals surface area contributed by atoms with Crippen molar-refractivity contribution in [3.05, 3.63) is 85.1 Å². The van der Waals surface area contributed by atoms with E-state index in [-0.39, 0.29) is 25.2 Å². The molecule has 0 spiro atoms. The first-order valence-corrected chi connectivity index (χ1v) is 34.6. The van der Waals surface area contributed by atoms with Crippen LogP contribution < -0.4 is 0 Å². The molecule has 458 valence electrons. The summed E-state index contributed by atoms with van der Waals surface area (Å²) < 4.78 is 10.7. The molecule has 0 saturated heterocycles. The first kappa shape index (κ1) is 76.1. The van der Waals surface area contributed by atoms with E-state index in [2.05, 4.69) is 98.9 Å². The standard InChI is InChI=1S/C74H132O5/c1-3-5-7-9-11-13-15-17-19-21-23-25-27-29-31-32-33-34-35-36-37-38-39-40-41-43-44-46-48-50-52-54-56-58-60-62-64-66-68-73(76)78-71-72(70-75)79-74(77)69-67-65-63-61-59-57-55-53-51-49-47-45-42-30-28-26-24-22-20-18-16-14-12-10-8-6-4-2/h6,8,12,14,18,20,24,26,30,42,47,49,53,55,72,75H,3-5,7,9-11,13,15-17,19,21-23,25,27-29,31-41,43-46,48,50-52,54,56-71H2,1-2H3/b8-6-,14-12-,20-18-,26-24-,42-30-,49-47-,55-53-. The molecule has 0 radical (unpaired) electrons. The zero-order valence-electron chi connectivity index (χ0n) is 52.6. The number of hydrogen-bond acceptors (Lipinski definition) is 5. The number of allylic oxidation sites excluding steroid dienone is 14. The van der Waals surface area contributed by atoms with E-state index in [4.69, 9.17) is 9.47 Å². The van der Waals surface area contributed by atoms with E-state index in [0.29, 0.717) is 12.8 Å². The molecular weight excluding hydrogens is 969 g/mol. The van der Waals surface area contributed by atoms with Crippen LogP contribution in [-0.4, -0.2) is 36.4 Å². The van der Waals surface area contributed by atoms with Crippen LogP contribution in [0.3, 0.4) is 0 Å². The zero-order valence-corrected chi connectivity index (χ0v) is 52.6. The van der Waals surface area contributed by atoms with Crippen molar-refractivity contribution in [3.63, 3.8) is 0 Å². The van der Waals surface area contributed by atoms with Crippen molar-refractivity contribution in [2.75, 3.05) is 13.2 Å². The molecule has 0 amide bonds. The van der Waals surface area contributed by atoms with Crippen LogP contribution in [-0.2, 0) is 19.1 Å². The highest BCUT2D eigenvalue weighted by atomic mass is 16.6. The van der Waals surface area contributed by atoms with Gasteiger partial charge in [0.2, 0.25) is 0 Å². The largest absolute Gasteiger partial charge is 0.462 e. The van der Waals surface area contributed by atoms with Gasteiger partial charge >= 0.3 is 11.9 Å². The predicted octanol–water partition coefficient (Wildman–Crippen LogP) is 24.0. The third-order valence-electron chi connectivity index (χ3n) is 15.5. The number of carbonyl (C=O) groups is 2. The van der Waals surface area contributed by atoms with Gasteiger partial charge in [-0.25, -0.2) is 0 Å². The number of carbonyl (C=O) groups excluding carboxylic acids is 2. The molecule has 0 aromatic rings. The second kappa shape index (κ2) is 69.3. The maximum atomic E-state index is 12.3. The molecule has 0 aromatic heterocycles. The van der Waals surface area contributed by atoms with Crippen LogP contribution in [0.1, 0.15) is 354 Å². The normalized spacial score (nSPS) is 12.7. The molecule has 0 aliphatic rings. The van der Waals surface area contributed by atoms with E-state index < -0.39 is 6.10 Å². The van der Waals surface area contributed by atoms with Crippen LogP contribution in [0.5, 0.6) is 0 Å². The highest BCUT2D eigenvalue weighted by molar-refractivity contribution is 5.70. The molecule has 5 nitrogen and oxygen atoms in total. The molecule has 1 N–H and O–H groups in total. The number of aliphatic hydroxyl groups excluding tert-OH is 1. The minimum absolute atomic E-state index is 0.0750. The van der Waals surface area contributed by atoms with E-state index in [1.165, 1.54) is 225 Å². The first-order valence-electron chi connectivity index (χ1n) is 34.6. The number of esters is 2. The fourth-order valence-electron chi connectivity index (χ4n) is 10.3. The number of ether oxygens (including phenoxy) is 2.